The molecule has 0 aromatic rings. The van der Waals surface area contributed by atoms with Crippen LogP contribution in [0.2, 0.25) is 0 Å². The second kappa shape index (κ2) is 16.9. The van der Waals surface area contributed by atoms with Gasteiger partial charge in [-0.1, -0.05) is 0 Å². The number of carbonyl (C=O) groups excluding carboxylic acids is 3. The molecule has 0 spiro atoms. The van der Waals surface area contributed by atoms with Crippen molar-refractivity contribution in [2.75, 3.05) is 18.6 Å². The minimum Gasteiger partial charge on any atom is -0.481 e. The van der Waals surface area contributed by atoms with Crippen molar-refractivity contribution in [2.24, 2.45) is 22.2 Å². The Morgan fingerprint density at radius 1 is 0.806 bits per heavy atom. The summed E-state index contributed by atoms with van der Waals surface area (Å²) in [5, 5.41) is 33.6. The number of hydrogen-bond acceptors (Lipinski definition) is 9. The highest BCUT2D eigenvalue weighted by atomic mass is 32.2. The van der Waals surface area contributed by atoms with E-state index in [1.54, 1.807) is 0 Å². The lowest BCUT2D eigenvalue weighted by Gasteiger charge is -2.24. The van der Waals surface area contributed by atoms with E-state index in [0.717, 1.165) is 0 Å². The van der Waals surface area contributed by atoms with Crippen LogP contribution < -0.4 is 33.2 Å². The highest BCUT2D eigenvalue weighted by Gasteiger charge is 2.32. The predicted octanol–water partition coefficient (Wildman–Crippen LogP) is -3.39. The van der Waals surface area contributed by atoms with Crippen molar-refractivity contribution in [1.82, 2.24) is 16.0 Å². The number of nitrogens with zero attached hydrogens (tertiary/aromatic N) is 1. The second-order valence-electron chi connectivity index (χ2n) is 7.55. The summed E-state index contributed by atoms with van der Waals surface area (Å²) in [4.78, 5) is 74.9. The normalized spacial score (nSPS) is 13.8. The number of hydrogen-bond donors (Lipinski definition) is 9. The molecule has 0 rings (SSSR count). The molecule has 17 heteroatoms. The number of nitrogens with one attached hydrogen (secondary N) is 3. The topological polar surface area (TPSA) is 290 Å². The lowest BCUT2D eigenvalue weighted by molar-refractivity contribution is -0.148. The second-order valence-corrected chi connectivity index (χ2v) is 8.54. The van der Waals surface area contributed by atoms with Gasteiger partial charge in [0, 0.05) is 6.54 Å². The number of carbonyl (C=O) groups is 6. The first kappa shape index (κ1) is 32.4. The first-order valence-corrected chi connectivity index (χ1v) is 12.0. The molecule has 3 amide bonds. The number of amides is 3. The van der Waals surface area contributed by atoms with Crippen LogP contribution in [0.5, 0.6) is 0 Å². The number of nitrogens with two attached hydrogens (primary N) is 3. The molecule has 0 saturated carbocycles. The number of aliphatic imine (C=N–C) groups is 1. The van der Waals surface area contributed by atoms with Gasteiger partial charge >= 0.3 is 17.9 Å². The Morgan fingerprint density at radius 2 is 1.31 bits per heavy atom. The fraction of sp³-hybridized carbons (Fsp3) is 0.632. The highest BCUT2D eigenvalue weighted by Crippen LogP contribution is 2.05. The maximum Gasteiger partial charge on any atom is 0.326 e. The lowest BCUT2D eigenvalue weighted by atomic mass is 10.1. The fourth-order valence-corrected chi connectivity index (χ4v) is 3.22. The number of aliphatic carboxylic acids is 3. The minimum absolute atomic E-state index is 0.0121. The largest absolute Gasteiger partial charge is 0.481 e. The summed E-state index contributed by atoms with van der Waals surface area (Å²) < 4.78 is 0. The Hall–Kier alpha value is -3.60. The van der Waals surface area contributed by atoms with Gasteiger partial charge in [0.05, 0.1) is 18.9 Å². The van der Waals surface area contributed by atoms with Gasteiger partial charge in [0.25, 0.3) is 0 Å². The molecule has 12 N–H and O–H groups in total. The van der Waals surface area contributed by atoms with Gasteiger partial charge in [-0.25, -0.2) is 4.79 Å². The van der Waals surface area contributed by atoms with Crippen molar-refractivity contribution in [3.8, 4) is 0 Å². The number of carboxylic acid groups (broad SMARTS) is 3. The van der Waals surface area contributed by atoms with Gasteiger partial charge in [-0.15, -0.1) is 0 Å². The number of thioether (sulfide) groups is 1. The third-order valence-corrected chi connectivity index (χ3v) is 5.20. The zero-order valence-electron chi connectivity index (χ0n) is 19.6. The van der Waals surface area contributed by atoms with Gasteiger partial charge in [-0.2, -0.15) is 11.8 Å². The summed E-state index contributed by atoms with van der Waals surface area (Å²) in [6.45, 7) is 0.106. The van der Waals surface area contributed by atoms with Crippen LogP contribution >= 0.6 is 11.8 Å². The maximum absolute atomic E-state index is 12.9. The van der Waals surface area contributed by atoms with Gasteiger partial charge in [0.2, 0.25) is 17.7 Å². The van der Waals surface area contributed by atoms with Crippen molar-refractivity contribution in [3.63, 3.8) is 0 Å². The zero-order valence-corrected chi connectivity index (χ0v) is 20.5. The van der Waals surface area contributed by atoms with Crippen LogP contribution in [0.1, 0.15) is 32.1 Å². The molecule has 36 heavy (non-hydrogen) atoms. The van der Waals surface area contributed by atoms with Crippen LogP contribution in [0.3, 0.4) is 0 Å². The molecule has 0 bridgehead atoms. The molecular formula is C19H33N7O9S. The first-order valence-electron chi connectivity index (χ1n) is 10.7. The van der Waals surface area contributed by atoms with E-state index < -0.39 is 72.6 Å². The van der Waals surface area contributed by atoms with Gasteiger partial charge in [-0.05, 0) is 31.3 Å². The SMILES string of the molecule is CSCCC(N)C(=O)NC(CCCN=C(N)N)C(=O)NC(CC(=O)O)C(=O)NC(CC(=O)O)C(=O)O. The summed E-state index contributed by atoms with van der Waals surface area (Å²) in [6.07, 6.45) is 0.418. The third-order valence-electron chi connectivity index (χ3n) is 4.55. The number of rotatable bonds is 18. The zero-order chi connectivity index (χ0) is 27.8. The van der Waals surface area contributed by atoms with E-state index in [2.05, 4.69) is 15.6 Å². The Kier molecular flexibility index (Phi) is 15.2. The van der Waals surface area contributed by atoms with Crippen molar-refractivity contribution < 1.29 is 44.1 Å². The summed E-state index contributed by atoms with van der Waals surface area (Å²) in [5.74, 6) is -7.15. The van der Waals surface area contributed by atoms with E-state index in [1.807, 2.05) is 11.6 Å². The molecule has 0 aliphatic rings. The van der Waals surface area contributed by atoms with Crippen molar-refractivity contribution in [2.45, 2.75) is 56.3 Å². The molecule has 0 saturated heterocycles. The van der Waals surface area contributed by atoms with Crippen LogP contribution in [0.15, 0.2) is 4.99 Å². The Labute approximate surface area is 210 Å². The minimum atomic E-state index is -1.87. The molecule has 4 unspecified atom stereocenters. The van der Waals surface area contributed by atoms with Crippen molar-refractivity contribution in [1.29, 1.82) is 0 Å². The lowest BCUT2D eigenvalue weighted by Crippen LogP contribution is -2.57. The van der Waals surface area contributed by atoms with Crippen LogP contribution in [-0.2, 0) is 28.8 Å². The van der Waals surface area contributed by atoms with Crippen LogP contribution in [-0.4, -0.2) is 99.6 Å². The molecule has 0 radical (unpaired) electrons. The van der Waals surface area contributed by atoms with Gasteiger partial charge in [0.15, 0.2) is 5.96 Å². The summed E-state index contributed by atoms with van der Waals surface area (Å²) >= 11 is 1.46. The van der Waals surface area contributed by atoms with E-state index in [1.165, 1.54) is 11.8 Å². The molecule has 0 aromatic heterocycles. The third kappa shape index (κ3) is 14.0. The molecule has 0 aromatic carbocycles. The number of carboxylic acids is 3. The molecule has 204 valence electrons. The summed E-state index contributed by atoms with van der Waals surface area (Å²) in [7, 11) is 0. The molecule has 0 heterocycles. The summed E-state index contributed by atoms with van der Waals surface area (Å²) in [5.41, 5.74) is 16.3. The molecule has 16 nitrogen and oxygen atoms in total. The average molecular weight is 536 g/mol. The molecule has 0 fully saturated rings. The molecular weight excluding hydrogens is 502 g/mol. The van der Waals surface area contributed by atoms with Gasteiger partial charge < -0.3 is 48.5 Å². The Bertz CT molecular complexity index is 836. The quantitative estimate of drug-likeness (QED) is 0.0470. The number of guanidine groups is 1. The maximum atomic E-state index is 12.9. The monoisotopic (exact) mass is 535 g/mol. The molecule has 0 aliphatic heterocycles. The van der Waals surface area contributed by atoms with E-state index in [0.29, 0.717) is 12.2 Å². The first-order chi connectivity index (χ1) is 16.8. The van der Waals surface area contributed by atoms with Crippen molar-refractivity contribution in [3.05, 3.63) is 0 Å². The molecule has 0 aliphatic carbocycles. The highest BCUT2D eigenvalue weighted by molar-refractivity contribution is 7.98. The fourth-order valence-electron chi connectivity index (χ4n) is 2.73. The average Bonchev–Trinajstić information content (AvgIpc) is 2.77. The standard InChI is InChI=1S/C19H33N7O9S/c1-36-6-4-9(20)15(31)24-10(3-2-5-23-19(21)22)16(32)25-11(7-13(27)28)17(33)26-12(18(34)35)8-14(29)30/h9-12H,2-8,20H2,1H3,(H,24,31)(H,25,32)(H,26,33)(H,27,28)(H,29,30)(H,34,35)(H4,21,22,23). The van der Waals surface area contributed by atoms with E-state index in [4.69, 9.17) is 32.5 Å². The van der Waals surface area contributed by atoms with Crippen molar-refractivity contribution >= 4 is 53.4 Å². The Morgan fingerprint density at radius 3 is 1.81 bits per heavy atom. The van der Waals surface area contributed by atoms with Crippen LogP contribution in [0, 0.1) is 0 Å². The Balaban J connectivity index is 5.61. The van der Waals surface area contributed by atoms with Crippen LogP contribution in [0.4, 0.5) is 0 Å². The van der Waals surface area contributed by atoms with Gasteiger partial charge in [0.1, 0.15) is 18.1 Å². The summed E-state index contributed by atoms with van der Waals surface area (Å²) in [6, 6.07) is -5.83. The molecule has 4 atom stereocenters. The van der Waals surface area contributed by atoms with E-state index in [-0.39, 0.29) is 25.3 Å². The predicted molar refractivity (Wildman–Crippen MR) is 129 cm³/mol. The van der Waals surface area contributed by atoms with E-state index in [9.17, 15) is 28.8 Å². The van der Waals surface area contributed by atoms with Crippen LogP contribution in [0.25, 0.3) is 0 Å². The van der Waals surface area contributed by atoms with E-state index >= 15 is 0 Å². The smallest absolute Gasteiger partial charge is 0.326 e. The van der Waals surface area contributed by atoms with Gasteiger partial charge in [-0.3, -0.25) is 29.0 Å².